The smallest absolute Gasteiger partial charge is 0.237 e. The van der Waals surface area contributed by atoms with Crippen molar-refractivity contribution in [1.29, 1.82) is 5.26 Å². The lowest BCUT2D eigenvalue weighted by atomic mass is 9.95. The monoisotopic (exact) mass is 331 g/mol. The van der Waals surface area contributed by atoms with Crippen molar-refractivity contribution in [2.75, 3.05) is 64.1 Å². The fourth-order valence-corrected chi connectivity index (χ4v) is 3.80. The number of H-pyrrole nitrogens is 1. The highest BCUT2D eigenvalue weighted by molar-refractivity contribution is 5.61. The molecule has 1 aromatic rings. The largest absolute Gasteiger partial charge is 0.337 e. The van der Waals surface area contributed by atoms with E-state index in [1.165, 1.54) is 39.6 Å². The quantitative estimate of drug-likeness (QED) is 0.591. The van der Waals surface area contributed by atoms with Crippen LogP contribution < -0.4 is 25.0 Å². The molecule has 3 rings (SSSR count). The molecular formula is C18H31N6+3. The highest BCUT2D eigenvalue weighted by Gasteiger charge is 2.32. The Labute approximate surface area is 145 Å². The van der Waals surface area contributed by atoms with Crippen LogP contribution in [0.15, 0.2) is 0 Å². The van der Waals surface area contributed by atoms with Gasteiger partial charge in [-0.3, -0.25) is 10.2 Å². The summed E-state index contributed by atoms with van der Waals surface area (Å²) in [4.78, 5) is 9.00. The molecule has 3 heterocycles. The third-order valence-corrected chi connectivity index (χ3v) is 5.19. The molecule has 0 aromatic carbocycles. The van der Waals surface area contributed by atoms with E-state index in [2.05, 4.69) is 42.4 Å². The molecule has 0 saturated carbocycles. The molecule has 0 bridgehead atoms. The van der Waals surface area contributed by atoms with Gasteiger partial charge in [-0.05, 0) is 18.4 Å². The Balaban J connectivity index is 1.99. The number of pyridine rings is 1. The predicted octanol–water partition coefficient (Wildman–Crippen LogP) is -1.90. The van der Waals surface area contributed by atoms with Crippen molar-refractivity contribution in [1.82, 2.24) is 0 Å². The number of anilines is 2. The van der Waals surface area contributed by atoms with E-state index < -0.39 is 0 Å². The highest BCUT2D eigenvalue weighted by atomic mass is 15.2. The van der Waals surface area contributed by atoms with Crippen LogP contribution in [0.1, 0.15) is 29.5 Å². The van der Waals surface area contributed by atoms with Crippen LogP contribution in [-0.2, 0) is 13.0 Å². The number of aromatic nitrogens is 1. The molecule has 1 fully saturated rings. The number of hydrogen-bond acceptors (Lipinski definition) is 3. The zero-order valence-electron chi connectivity index (χ0n) is 15.3. The Hall–Kier alpha value is -1.84. The molecule has 24 heavy (non-hydrogen) atoms. The normalized spacial score (nSPS) is 20.1. The van der Waals surface area contributed by atoms with E-state index in [9.17, 15) is 5.26 Å². The standard InChI is InChI=1S/C18H28N6/c1-22(2)11-7-20-17-15(12-19)14-6-10-23(3)13-16(14)18(21-17)24-8-4-5-9-24/h4-11,13H2,1-3H3,(H,20,21)/p+3. The summed E-state index contributed by atoms with van der Waals surface area (Å²) in [6.07, 6.45) is 3.52. The molecule has 6 nitrogen and oxygen atoms in total. The molecule has 1 saturated heterocycles. The zero-order chi connectivity index (χ0) is 17.1. The second-order valence-electron chi connectivity index (χ2n) is 7.50. The third kappa shape index (κ3) is 3.47. The van der Waals surface area contributed by atoms with Crippen LogP contribution in [-0.4, -0.2) is 53.9 Å². The van der Waals surface area contributed by atoms with Crippen LogP contribution in [0, 0.1) is 11.3 Å². The van der Waals surface area contributed by atoms with Gasteiger partial charge in [0.2, 0.25) is 11.6 Å². The van der Waals surface area contributed by atoms with Crippen molar-refractivity contribution in [3.63, 3.8) is 0 Å². The molecule has 0 radical (unpaired) electrons. The van der Waals surface area contributed by atoms with E-state index >= 15 is 0 Å². The van der Waals surface area contributed by atoms with E-state index in [-0.39, 0.29) is 0 Å². The Bertz CT molecular complexity index is 627. The van der Waals surface area contributed by atoms with Gasteiger partial charge in [0.25, 0.3) is 0 Å². The fourth-order valence-electron chi connectivity index (χ4n) is 3.80. The summed E-state index contributed by atoms with van der Waals surface area (Å²) < 4.78 is 0. The van der Waals surface area contributed by atoms with E-state index in [0.29, 0.717) is 0 Å². The van der Waals surface area contributed by atoms with Gasteiger partial charge in [-0.2, -0.15) is 5.26 Å². The maximum Gasteiger partial charge on any atom is 0.237 e. The van der Waals surface area contributed by atoms with E-state index in [0.717, 1.165) is 57.1 Å². The van der Waals surface area contributed by atoms with E-state index in [4.69, 9.17) is 0 Å². The average molecular weight is 331 g/mol. The number of aromatic amines is 1. The molecule has 1 aromatic heterocycles. The lowest BCUT2D eigenvalue weighted by Crippen LogP contribution is -3.08. The van der Waals surface area contributed by atoms with Gasteiger partial charge in [-0.25, -0.2) is 4.98 Å². The molecule has 0 spiro atoms. The molecule has 2 aliphatic heterocycles. The summed E-state index contributed by atoms with van der Waals surface area (Å²) in [5.74, 6) is 2.17. The first kappa shape index (κ1) is 17.0. The number of hydrogen-bond donors (Lipinski definition) is 3. The summed E-state index contributed by atoms with van der Waals surface area (Å²) in [7, 11) is 6.55. The molecule has 1 unspecified atom stereocenters. The Kier molecular flexibility index (Phi) is 5.22. The summed E-state index contributed by atoms with van der Waals surface area (Å²) in [6, 6.07) is 2.47. The fraction of sp³-hybridized carbons (Fsp3) is 0.667. The van der Waals surface area contributed by atoms with Crippen LogP contribution in [0.2, 0.25) is 0 Å². The van der Waals surface area contributed by atoms with Crippen LogP contribution in [0.25, 0.3) is 0 Å². The second-order valence-corrected chi connectivity index (χ2v) is 7.50. The van der Waals surface area contributed by atoms with Crippen molar-refractivity contribution < 1.29 is 14.8 Å². The third-order valence-electron chi connectivity index (χ3n) is 5.19. The maximum atomic E-state index is 9.77. The number of fused-ring (bicyclic) bond motifs is 1. The minimum atomic E-state index is 0.828. The SMILES string of the molecule is C[NH+](C)CCNc1[nH+]c(N2CCCC2)c2c(c1C#N)CC[NH+](C)C2. The Morgan fingerprint density at radius 2 is 2.04 bits per heavy atom. The minimum absolute atomic E-state index is 0.828. The van der Waals surface area contributed by atoms with Crippen LogP contribution in [0.3, 0.4) is 0 Å². The molecule has 0 aliphatic carbocycles. The first-order valence-corrected chi connectivity index (χ1v) is 9.20. The second kappa shape index (κ2) is 7.37. The van der Waals surface area contributed by atoms with Crippen molar-refractivity contribution in [2.24, 2.45) is 0 Å². The van der Waals surface area contributed by atoms with Gasteiger partial charge in [-0.15, -0.1) is 0 Å². The molecule has 130 valence electrons. The van der Waals surface area contributed by atoms with Gasteiger partial charge >= 0.3 is 0 Å². The number of rotatable bonds is 5. The van der Waals surface area contributed by atoms with Gasteiger partial charge < -0.3 is 9.80 Å². The van der Waals surface area contributed by atoms with Crippen molar-refractivity contribution in [2.45, 2.75) is 25.8 Å². The lowest BCUT2D eigenvalue weighted by Gasteiger charge is -2.26. The summed E-state index contributed by atoms with van der Waals surface area (Å²) in [5, 5.41) is 13.3. The highest BCUT2D eigenvalue weighted by Crippen LogP contribution is 2.29. The van der Waals surface area contributed by atoms with Crippen LogP contribution in [0.4, 0.5) is 11.6 Å². The van der Waals surface area contributed by atoms with Gasteiger partial charge in [0.1, 0.15) is 31.3 Å². The summed E-state index contributed by atoms with van der Waals surface area (Å²) in [5.41, 5.74) is 3.46. The van der Waals surface area contributed by atoms with Gasteiger partial charge in [0.15, 0.2) is 0 Å². The molecule has 4 N–H and O–H groups in total. The lowest BCUT2D eigenvalue weighted by molar-refractivity contribution is -0.895. The molecule has 6 heteroatoms. The van der Waals surface area contributed by atoms with E-state index in [1.54, 1.807) is 0 Å². The number of nitrogens with zero attached hydrogens (tertiary/aromatic N) is 2. The molecule has 0 amide bonds. The van der Waals surface area contributed by atoms with Gasteiger partial charge in [-0.1, -0.05) is 0 Å². The summed E-state index contributed by atoms with van der Waals surface area (Å²) in [6.45, 7) is 6.25. The average Bonchev–Trinajstić information content (AvgIpc) is 3.08. The van der Waals surface area contributed by atoms with Crippen LogP contribution in [0.5, 0.6) is 0 Å². The van der Waals surface area contributed by atoms with E-state index in [1.807, 2.05) is 0 Å². The Morgan fingerprint density at radius 1 is 1.29 bits per heavy atom. The van der Waals surface area contributed by atoms with Gasteiger partial charge in [0.05, 0.1) is 46.3 Å². The zero-order valence-corrected chi connectivity index (χ0v) is 15.3. The predicted molar refractivity (Wildman–Crippen MR) is 94.5 cm³/mol. The molecule has 2 aliphatic rings. The van der Waals surface area contributed by atoms with Gasteiger partial charge in [0, 0.05) is 6.42 Å². The van der Waals surface area contributed by atoms with Crippen molar-refractivity contribution in [3.8, 4) is 6.07 Å². The number of quaternary nitrogens is 2. The first-order valence-electron chi connectivity index (χ1n) is 9.20. The number of likely N-dealkylation sites (N-methyl/N-ethyl adjacent to an activating group) is 2. The van der Waals surface area contributed by atoms with Crippen molar-refractivity contribution >= 4 is 11.6 Å². The maximum absolute atomic E-state index is 9.77. The molecule has 1 atom stereocenters. The number of nitrogens with one attached hydrogen (secondary N) is 4. The first-order chi connectivity index (χ1) is 11.6. The Morgan fingerprint density at radius 3 is 2.71 bits per heavy atom. The van der Waals surface area contributed by atoms with Crippen molar-refractivity contribution in [3.05, 3.63) is 16.7 Å². The number of nitriles is 1. The molecular weight excluding hydrogens is 300 g/mol. The van der Waals surface area contributed by atoms with Crippen LogP contribution >= 0.6 is 0 Å². The minimum Gasteiger partial charge on any atom is -0.337 e. The topological polar surface area (TPSA) is 62.1 Å². The summed E-state index contributed by atoms with van der Waals surface area (Å²) >= 11 is 0.